The lowest BCUT2D eigenvalue weighted by molar-refractivity contribution is -0.384. The van der Waals surface area contributed by atoms with E-state index in [0.29, 0.717) is 0 Å². The molecule has 1 atom stereocenters. The molecule has 6 nitrogen and oxygen atoms in total. The van der Waals surface area contributed by atoms with Crippen molar-refractivity contribution in [3.63, 3.8) is 0 Å². The largest absolute Gasteiger partial charge is 0.388 e. The minimum atomic E-state index is -2.98. The second kappa shape index (κ2) is 5.01. The number of hydrogen-bond acceptors (Lipinski definition) is 5. The maximum Gasteiger partial charge on any atom is 0.269 e. The first kappa shape index (κ1) is 7.83. The number of nitrogens with zero attached hydrogens (tertiary/aromatic N) is 1. The molecule has 1 heterocycles. The van der Waals surface area contributed by atoms with Gasteiger partial charge in [0.2, 0.25) is 0 Å². The van der Waals surface area contributed by atoms with Crippen molar-refractivity contribution in [2.45, 2.75) is 25.1 Å². The van der Waals surface area contributed by atoms with E-state index in [1.165, 1.54) is 0 Å². The molecule has 1 aromatic carbocycles. The fraction of sp³-hybridized carbons (Fsp3) is 0.500. The molecule has 1 aliphatic rings. The summed E-state index contributed by atoms with van der Waals surface area (Å²) < 4.78 is 48.8. The summed E-state index contributed by atoms with van der Waals surface area (Å²) in [6, 6.07) is 4.49. The monoisotopic (exact) mass is 258 g/mol. The van der Waals surface area contributed by atoms with Crippen LogP contribution in [0.1, 0.15) is 31.7 Å². The highest BCUT2D eigenvalue weighted by molar-refractivity contribution is 5.33. The van der Waals surface area contributed by atoms with Crippen molar-refractivity contribution in [2.24, 2.45) is 0 Å². The standard InChI is InChI=1S/C12H15NO5/c1-12(17-6-7-18-12)8-11(14)9-2-4-10(5-3-9)13(15)16/h2-5,11,14H,6-8H2,1H3/i1D3,8D2. The van der Waals surface area contributed by atoms with Crippen LogP contribution in [0.5, 0.6) is 0 Å². The zero-order chi connectivity index (χ0) is 17.5. The first-order valence-corrected chi connectivity index (χ1v) is 5.23. The molecule has 1 unspecified atom stereocenters. The molecule has 2 rings (SSSR count). The van der Waals surface area contributed by atoms with E-state index in [2.05, 4.69) is 0 Å². The van der Waals surface area contributed by atoms with Crippen LogP contribution in [0, 0.1) is 10.1 Å². The van der Waals surface area contributed by atoms with Gasteiger partial charge in [-0.25, -0.2) is 0 Å². The fourth-order valence-electron chi connectivity index (χ4n) is 1.54. The van der Waals surface area contributed by atoms with Gasteiger partial charge in [0.25, 0.3) is 5.69 Å². The summed E-state index contributed by atoms with van der Waals surface area (Å²) in [5, 5.41) is 20.9. The summed E-state index contributed by atoms with van der Waals surface area (Å²) in [6.07, 6.45) is -4.73. The van der Waals surface area contributed by atoms with E-state index in [1.54, 1.807) is 0 Å². The normalized spacial score (nSPS) is 25.3. The van der Waals surface area contributed by atoms with Crippen LogP contribution >= 0.6 is 0 Å². The fourth-order valence-corrected chi connectivity index (χ4v) is 1.54. The molecule has 6 heteroatoms. The van der Waals surface area contributed by atoms with Crippen molar-refractivity contribution in [1.82, 2.24) is 0 Å². The lowest BCUT2D eigenvalue weighted by Gasteiger charge is -2.25. The predicted octanol–water partition coefficient (Wildman–Crippen LogP) is 1.78. The van der Waals surface area contributed by atoms with Crippen molar-refractivity contribution in [2.75, 3.05) is 13.2 Å². The van der Waals surface area contributed by atoms with Crippen LogP contribution in [0.15, 0.2) is 24.3 Å². The molecule has 0 radical (unpaired) electrons. The maximum atomic E-state index is 10.6. The Morgan fingerprint density at radius 2 is 2.17 bits per heavy atom. The lowest BCUT2D eigenvalue weighted by Crippen LogP contribution is -2.28. The Morgan fingerprint density at radius 1 is 1.56 bits per heavy atom. The lowest BCUT2D eigenvalue weighted by atomic mass is 10.0. The average molecular weight is 258 g/mol. The average Bonchev–Trinajstić information content (AvgIpc) is 2.97. The molecule has 0 amide bonds. The second-order valence-corrected chi connectivity index (χ2v) is 3.71. The maximum absolute atomic E-state index is 10.6. The summed E-state index contributed by atoms with van der Waals surface area (Å²) in [6.45, 7) is -3.22. The smallest absolute Gasteiger partial charge is 0.269 e. The molecule has 0 spiro atoms. The summed E-state index contributed by atoms with van der Waals surface area (Å²) in [5.41, 5.74) is -0.260. The quantitative estimate of drug-likeness (QED) is 0.657. The minimum Gasteiger partial charge on any atom is -0.388 e. The topological polar surface area (TPSA) is 81.8 Å². The minimum absolute atomic E-state index is 0.0247. The van der Waals surface area contributed by atoms with E-state index in [-0.39, 0.29) is 24.5 Å². The van der Waals surface area contributed by atoms with Gasteiger partial charge in [-0.15, -0.1) is 0 Å². The van der Waals surface area contributed by atoms with Crippen LogP contribution in [0.2, 0.25) is 0 Å². The van der Waals surface area contributed by atoms with Gasteiger partial charge in [-0.3, -0.25) is 10.1 Å². The van der Waals surface area contributed by atoms with Gasteiger partial charge in [-0.2, -0.15) is 0 Å². The third-order valence-electron chi connectivity index (χ3n) is 2.44. The number of nitro benzene ring substituents is 1. The molecule has 1 aliphatic heterocycles. The molecular weight excluding hydrogens is 238 g/mol. The molecular formula is C12H15NO5. The molecule has 1 saturated heterocycles. The Balaban J connectivity index is 2.39. The van der Waals surface area contributed by atoms with Gasteiger partial charge in [0.05, 0.1) is 24.2 Å². The number of aliphatic hydroxyl groups excluding tert-OH is 1. The molecule has 1 fully saturated rings. The van der Waals surface area contributed by atoms with E-state index < -0.39 is 30.0 Å². The zero-order valence-corrected chi connectivity index (χ0v) is 9.33. The van der Waals surface area contributed by atoms with Crippen molar-refractivity contribution in [3.8, 4) is 0 Å². The van der Waals surface area contributed by atoms with Gasteiger partial charge in [-0.05, 0) is 24.5 Å². The van der Waals surface area contributed by atoms with Gasteiger partial charge < -0.3 is 14.6 Å². The van der Waals surface area contributed by atoms with Gasteiger partial charge in [0.15, 0.2) is 5.79 Å². The van der Waals surface area contributed by atoms with E-state index in [9.17, 15) is 15.2 Å². The molecule has 0 bridgehead atoms. The third kappa shape index (κ3) is 2.84. The second-order valence-electron chi connectivity index (χ2n) is 3.71. The Labute approximate surface area is 111 Å². The van der Waals surface area contributed by atoms with Gasteiger partial charge in [-0.1, -0.05) is 0 Å². The molecule has 0 saturated carbocycles. The summed E-state index contributed by atoms with van der Waals surface area (Å²) >= 11 is 0. The molecule has 18 heavy (non-hydrogen) atoms. The van der Waals surface area contributed by atoms with Crippen LogP contribution in [0.25, 0.3) is 0 Å². The molecule has 0 aliphatic carbocycles. The van der Waals surface area contributed by atoms with E-state index >= 15 is 0 Å². The van der Waals surface area contributed by atoms with E-state index in [4.69, 9.17) is 16.3 Å². The number of rotatable bonds is 4. The van der Waals surface area contributed by atoms with E-state index in [0.717, 1.165) is 24.3 Å². The van der Waals surface area contributed by atoms with E-state index in [1.807, 2.05) is 0 Å². The Hall–Kier alpha value is -1.50. The number of non-ortho nitro benzene ring substituents is 1. The van der Waals surface area contributed by atoms with Crippen LogP contribution in [-0.4, -0.2) is 29.0 Å². The highest BCUT2D eigenvalue weighted by Crippen LogP contribution is 2.30. The van der Waals surface area contributed by atoms with Crippen molar-refractivity contribution in [1.29, 1.82) is 0 Å². The third-order valence-corrected chi connectivity index (χ3v) is 2.44. The molecule has 98 valence electrons. The van der Waals surface area contributed by atoms with Crippen molar-refractivity contribution >= 4 is 5.69 Å². The summed E-state index contributed by atoms with van der Waals surface area (Å²) in [4.78, 5) is 9.98. The summed E-state index contributed by atoms with van der Waals surface area (Å²) in [7, 11) is 0. The first-order chi connectivity index (χ1) is 10.5. The first-order valence-electron chi connectivity index (χ1n) is 7.73. The zero-order valence-electron chi connectivity index (χ0n) is 14.3. The number of benzene rings is 1. The number of hydrogen-bond donors (Lipinski definition) is 1. The number of nitro groups is 1. The van der Waals surface area contributed by atoms with Gasteiger partial charge in [0, 0.05) is 25.4 Å². The van der Waals surface area contributed by atoms with Gasteiger partial charge >= 0.3 is 0 Å². The highest BCUT2D eigenvalue weighted by Gasteiger charge is 2.33. The van der Waals surface area contributed by atoms with Gasteiger partial charge in [0.1, 0.15) is 0 Å². The number of aliphatic hydroxyl groups is 1. The molecule has 0 aromatic heterocycles. The highest BCUT2D eigenvalue weighted by atomic mass is 16.7. The van der Waals surface area contributed by atoms with Crippen LogP contribution in [0.3, 0.4) is 0 Å². The SMILES string of the molecule is [2H]C([2H])([2H])C1(C([2H])([2H])C(O)c2ccc([N+](=O)[O-])cc2)OCCO1. The van der Waals surface area contributed by atoms with Crippen LogP contribution < -0.4 is 0 Å². The Kier molecular flexibility index (Phi) is 2.18. The predicted molar refractivity (Wildman–Crippen MR) is 63.0 cm³/mol. The molecule has 1 aromatic rings. The van der Waals surface area contributed by atoms with Crippen molar-refractivity contribution < 1.29 is 26.4 Å². The van der Waals surface area contributed by atoms with Crippen molar-refractivity contribution in [3.05, 3.63) is 39.9 Å². The Morgan fingerprint density at radius 3 is 2.67 bits per heavy atom. The summed E-state index contributed by atoms with van der Waals surface area (Å²) in [5.74, 6) is -2.61. The Bertz CT molecular complexity index is 582. The molecule has 1 N–H and O–H groups in total. The van der Waals surface area contributed by atoms with Crippen LogP contribution in [-0.2, 0) is 9.47 Å². The number of ether oxygens (including phenoxy) is 2. The van der Waals surface area contributed by atoms with Crippen LogP contribution in [0.4, 0.5) is 5.69 Å².